The highest BCUT2D eigenvalue weighted by Gasteiger charge is 2.40. The van der Waals surface area contributed by atoms with Crippen LogP contribution in [0.15, 0.2) is 38.0 Å². The van der Waals surface area contributed by atoms with Crippen LogP contribution in [0.25, 0.3) is 0 Å². The summed E-state index contributed by atoms with van der Waals surface area (Å²) in [5, 5.41) is 8.04. The molecule has 3 atom stereocenters. The van der Waals surface area contributed by atoms with Crippen molar-refractivity contribution in [1.82, 2.24) is 29.4 Å². The molecular formula is C63H66I9N9O21. The van der Waals surface area contributed by atoms with Gasteiger partial charge >= 0.3 is 35.8 Å². The zero-order valence-electron chi connectivity index (χ0n) is 55.7. The van der Waals surface area contributed by atoms with E-state index in [4.69, 9.17) is 28.4 Å². The molecule has 0 saturated carbocycles. The Morgan fingerprint density at radius 3 is 0.725 bits per heavy atom. The van der Waals surface area contributed by atoms with Gasteiger partial charge < -0.3 is 73.8 Å². The number of hydrogen-bond acceptors (Lipinski definition) is 21. The van der Waals surface area contributed by atoms with Gasteiger partial charge in [-0.2, -0.15) is 0 Å². The third kappa shape index (κ3) is 23.5. The largest absolute Gasteiger partial charge is 0.461 e. The molecule has 1 saturated heterocycles. The zero-order valence-corrected chi connectivity index (χ0v) is 75.1. The quantitative estimate of drug-likeness (QED) is 0.0282. The Morgan fingerprint density at radius 1 is 0.353 bits per heavy atom. The van der Waals surface area contributed by atoms with E-state index in [-0.39, 0.29) is 141 Å². The number of carbonyl (C=O) groups excluding carboxylic acids is 15. The van der Waals surface area contributed by atoms with E-state index < -0.39 is 127 Å². The third-order valence-corrected chi connectivity index (χ3v) is 23.8. The van der Waals surface area contributed by atoms with Crippen LogP contribution < -0.4 is 16.0 Å². The summed E-state index contributed by atoms with van der Waals surface area (Å²) in [4.78, 5) is 216. The Bertz CT molecular complexity index is 3560. The van der Waals surface area contributed by atoms with E-state index >= 15 is 14.4 Å². The van der Waals surface area contributed by atoms with Crippen LogP contribution in [0.3, 0.4) is 0 Å². The highest BCUT2D eigenvalue weighted by Crippen LogP contribution is 2.41. The predicted octanol–water partition coefficient (Wildman–Crippen LogP) is 7.94. The number of carbonyl (C=O) groups is 15. The van der Waals surface area contributed by atoms with Crippen molar-refractivity contribution in [2.45, 2.75) is 59.9 Å². The lowest BCUT2D eigenvalue weighted by Crippen LogP contribution is -2.43. The van der Waals surface area contributed by atoms with Crippen molar-refractivity contribution >= 4 is 309 Å². The van der Waals surface area contributed by atoms with E-state index in [0.29, 0.717) is 0 Å². The van der Waals surface area contributed by atoms with Crippen molar-refractivity contribution < 1.29 is 100 Å². The van der Waals surface area contributed by atoms with Gasteiger partial charge in [-0.15, -0.1) is 19.7 Å². The number of halogens is 9. The van der Waals surface area contributed by atoms with Crippen molar-refractivity contribution in [3.05, 3.63) is 103 Å². The van der Waals surface area contributed by atoms with Gasteiger partial charge in [0.2, 0.25) is 18.3 Å². The van der Waals surface area contributed by atoms with Crippen molar-refractivity contribution in [2.24, 2.45) is 0 Å². The van der Waals surface area contributed by atoms with E-state index in [0.717, 1.165) is 41.5 Å². The van der Waals surface area contributed by atoms with Crippen LogP contribution in [0.2, 0.25) is 0 Å². The highest BCUT2D eigenvalue weighted by atomic mass is 127. The van der Waals surface area contributed by atoms with Crippen LogP contribution in [0.1, 0.15) is 104 Å². The second kappa shape index (κ2) is 41.6. The van der Waals surface area contributed by atoms with Gasteiger partial charge in [0.15, 0.2) is 0 Å². The Hall–Kier alpha value is -4.50. The van der Waals surface area contributed by atoms with Gasteiger partial charge in [-0.3, -0.25) is 71.9 Å². The SMILES string of the molecule is C=CCN(C)C(=O)c1c(I)c(NC(=O)C(COC(C)=O)OC(C)=O)c(I)c(C(=O)N2CCN(C(=O)c3c(I)c(NC(=O)C(COC(C)=O)OC(C)=O)c(I)c(C(=O)N(C)CC=C)c3I)CCN(C(=O)c3c(I)c(NC(=O)C(COC(C)=O)OC(C)=O)c(I)c(C(=O)N(C)CC=C)c3I)CC2)c1I. The molecule has 1 heterocycles. The Morgan fingerprint density at radius 2 is 0.549 bits per heavy atom. The molecule has 552 valence electrons. The molecule has 39 heteroatoms. The summed E-state index contributed by atoms with van der Waals surface area (Å²) < 4.78 is 31.6. The summed E-state index contributed by atoms with van der Waals surface area (Å²) >= 11 is 16.4. The van der Waals surface area contributed by atoms with E-state index in [1.807, 2.05) is 203 Å². The first-order valence-corrected chi connectivity index (χ1v) is 39.3. The third-order valence-electron chi connectivity index (χ3n) is 14.1. The number of ether oxygens (including phenoxy) is 6. The molecule has 3 unspecified atom stereocenters. The van der Waals surface area contributed by atoms with Crippen LogP contribution in [-0.4, -0.2) is 237 Å². The van der Waals surface area contributed by atoms with E-state index in [1.54, 1.807) is 0 Å². The van der Waals surface area contributed by atoms with Gasteiger partial charge in [-0.05, 0) is 203 Å². The normalized spacial score (nSPS) is 12.9. The summed E-state index contributed by atoms with van der Waals surface area (Å²) in [7, 11) is 4.41. The molecule has 4 rings (SSSR count). The molecule has 0 radical (unpaired) electrons. The number of nitrogens with one attached hydrogen (secondary N) is 3. The predicted molar refractivity (Wildman–Crippen MR) is 445 cm³/mol. The van der Waals surface area contributed by atoms with Gasteiger partial charge in [-0.1, -0.05) is 18.2 Å². The van der Waals surface area contributed by atoms with Crippen LogP contribution in [-0.2, 0) is 71.6 Å². The van der Waals surface area contributed by atoms with Crippen molar-refractivity contribution in [3.63, 3.8) is 0 Å². The first-order valence-electron chi connectivity index (χ1n) is 29.6. The average molecular weight is 2430 g/mol. The second-order valence-electron chi connectivity index (χ2n) is 21.7. The molecule has 9 amide bonds. The maximum absolute atomic E-state index is 16.1. The molecule has 3 aromatic rings. The Labute approximate surface area is 709 Å². The lowest BCUT2D eigenvalue weighted by atomic mass is 10.1. The van der Waals surface area contributed by atoms with E-state index in [9.17, 15) is 57.5 Å². The van der Waals surface area contributed by atoms with Crippen molar-refractivity contribution in [1.29, 1.82) is 0 Å². The molecule has 0 spiro atoms. The molecule has 0 aromatic heterocycles. The molecule has 1 aliphatic rings. The molecule has 1 aliphatic heterocycles. The molecule has 1 fully saturated rings. The first kappa shape index (κ1) is 89.9. The lowest BCUT2D eigenvalue weighted by molar-refractivity contribution is -0.160. The highest BCUT2D eigenvalue weighted by molar-refractivity contribution is 14.1. The molecule has 3 N–H and O–H groups in total. The number of anilines is 3. The van der Waals surface area contributed by atoms with Gasteiger partial charge in [-0.25, -0.2) is 0 Å². The molecule has 3 aromatic carbocycles. The summed E-state index contributed by atoms with van der Waals surface area (Å²) in [6, 6.07) is 0. The number of benzene rings is 3. The van der Waals surface area contributed by atoms with Crippen molar-refractivity contribution in [3.8, 4) is 0 Å². The number of rotatable bonds is 27. The number of nitrogens with zero attached hydrogens (tertiary/aromatic N) is 6. The maximum atomic E-state index is 16.1. The smallest absolute Gasteiger partial charge is 0.303 e. The van der Waals surface area contributed by atoms with Crippen LogP contribution >= 0.6 is 203 Å². The van der Waals surface area contributed by atoms with Crippen molar-refractivity contribution in [2.75, 3.05) is 116 Å². The standard InChI is InChI=1S/C63H66I9N9O21/c1-13-16-76(10)58(91)37-43(64)40(49(70)52(46(37)67)73-55(88)34(100-31(7)85)25-97-28(4)82)61(94)79-19-21-80(62(95)41-44(65)38(59(92)77(11)17-14-2)47(68)53(50(41)71)74-56(89)35(101-32(8)86)26-98-29(5)83)23-24-81(22-20-79)63(96)42-45(66)39(60(93)78(12)18-15-3)48(69)54(51(42)72)75-57(90)36(102-33(9)87)27-99-30(6)84/h13-15,34-36H,1-3,16-27H2,4-12H3,(H,73,88)(H,74,89)(H,75,90). The van der Waals surface area contributed by atoms with Crippen LogP contribution in [0.5, 0.6) is 0 Å². The molecule has 102 heavy (non-hydrogen) atoms. The first-order chi connectivity index (χ1) is 47.7. The average Bonchev–Trinajstić information content (AvgIpc) is 0.944. The number of esters is 6. The number of amides is 9. The number of hydrogen-bond donors (Lipinski definition) is 3. The fourth-order valence-electron chi connectivity index (χ4n) is 9.27. The summed E-state index contributed by atoms with van der Waals surface area (Å²) in [5.41, 5.74) is -1.11. The fraction of sp³-hybridized carbons (Fsp3) is 0.381. The molecule has 0 bridgehead atoms. The van der Waals surface area contributed by atoms with Crippen LogP contribution in [0, 0.1) is 32.1 Å². The molecule has 0 aliphatic carbocycles. The van der Waals surface area contributed by atoms with Gasteiger partial charge in [0.05, 0.1) is 71.9 Å². The second-order valence-corrected chi connectivity index (χ2v) is 31.4. The van der Waals surface area contributed by atoms with Gasteiger partial charge in [0.25, 0.3) is 53.2 Å². The molecular weight excluding hydrogens is 2360 g/mol. The minimum absolute atomic E-state index is 0.00936. The molecule has 30 nitrogen and oxygen atoms in total. The van der Waals surface area contributed by atoms with E-state index in [1.165, 1.54) is 68.8 Å². The monoisotopic (exact) mass is 2430 g/mol. The zero-order chi connectivity index (χ0) is 77.2. The fourth-order valence-corrected chi connectivity index (χ4v) is 22.4. The maximum Gasteiger partial charge on any atom is 0.303 e. The van der Waals surface area contributed by atoms with Crippen LogP contribution in [0.4, 0.5) is 17.1 Å². The summed E-state index contributed by atoms with van der Waals surface area (Å²) in [6.45, 7) is 13.2. The van der Waals surface area contributed by atoms with Gasteiger partial charge in [0.1, 0.15) is 19.8 Å². The van der Waals surface area contributed by atoms with E-state index in [2.05, 4.69) is 35.7 Å². The van der Waals surface area contributed by atoms with Gasteiger partial charge in [0, 0.05) is 132 Å². The summed E-state index contributed by atoms with van der Waals surface area (Å²) in [6.07, 6.45) is -0.841. The Balaban J connectivity index is 2.20. The lowest BCUT2D eigenvalue weighted by Gasteiger charge is -2.29. The Kier molecular flexibility index (Phi) is 36.6. The summed E-state index contributed by atoms with van der Waals surface area (Å²) in [5.74, 6) is -12.7. The topological polar surface area (TPSA) is 367 Å². The minimum atomic E-state index is -1.73. The number of likely N-dealkylation sites (N-methyl/N-ethyl adjacent to an activating group) is 3. The minimum Gasteiger partial charge on any atom is -0.461 e.